The number of aromatic nitrogens is 1. The molecule has 0 unspecified atom stereocenters. The summed E-state index contributed by atoms with van der Waals surface area (Å²) in [7, 11) is 1.95. The number of nitrogens with one attached hydrogen (secondary N) is 1. The average molecular weight is 304 g/mol. The SMILES string of the molecule is CNCc1nc(-c2c3ccccc3cc3ccccc23)cs1. The van der Waals surface area contributed by atoms with E-state index in [1.807, 2.05) is 7.05 Å². The van der Waals surface area contributed by atoms with E-state index in [1.54, 1.807) is 11.3 Å². The minimum atomic E-state index is 0.813. The van der Waals surface area contributed by atoms with Gasteiger partial charge in [0.05, 0.1) is 5.69 Å². The molecule has 0 spiro atoms. The molecule has 0 fully saturated rings. The molecule has 0 radical (unpaired) electrons. The summed E-state index contributed by atoms with van der Waals surface area (Å²) in [6.45, 7) is 0.813. The van der Waals surface area contributed by atoms with Crippen molar-refractivity contribution < 1.29 is 0 Å². The third-order valence-corrected chi connectivity index (χ3v) is 4.76. The Labute approximate surface area is 133 Å². The molecule has 0 aliphatic carbocycles. The van der Waals surface area contributed by atoms with Crippen LogP contribution in [0.5, 0.6) is 0 Å². The van der Waals surface area contributed by atoms with Gasteiger partial charge in [-0.25, -0.2) is 4.98 Å². The first kappa shape index (κ1) is 13.4. The Hall–Kier alpha value is -2.23. The predicted molar refractivity (Wildman–Crippen MR) is 95.3 cm³/mol. The van der Waals surface area contributed by atoms with Gasteiger partial charge in [0, 0.05) is 17.5 Å². The Kier molecular flexibility index (Phi) is 3.37. The van der Waals surface area contributed by atoms with Gasteiger partial charge in [0.1, 0.15) is 5.01 Å². The number of hydrogen-bond acceptors (Lipinski definition) is 3. The van der Waals surface area contributed by atoms with Gasteiger partial charge in [-0.05, 0) is 34.7 Å². The normalized spacial score (nSPS) is 11.3. The van der Waals surface area contributed by atoms with Crippen LogP contribution in [0.3, 0.4) is 0 Å². The zero-order chi connectivity index (χ0) is 14.9. The Morgan fingerprint density at radius 2 is 1.59 bits per heavy atom. The van der Waals surface area contributed by atoms with Gasteiger partial charge in [-0.3, -0.25) is 0 Å². The number of rotatable bonds is 3. The largest absolute Gasteiger partial charge is 0.314 e. The van der Waals surface area contributed by atoms with Crippen molar-refractivity contribution in [1.29, 1.82) is 0 Å². The molecule has 1 heterocycles. The highest BCUT2D eigenvalue weighted by molar-refractivity contribution is 7.10. The molecule has 1 N–H and O–H groups in total. The second kappa shape index (κ2) is 5.52. The van der Waals surface area contributed by atoms with Crippen LogP contribution < -0.4 is 5.32 Å². The van der Waals surface area contributed by atoms with Crippen molar-refractivity contribution in [2.45, 2.75) is 6.54 Å². The lowest BCUT2D eigenvalue weighted by Crippen LogP contribution is -2.04. The highest BCUT2D eigenvalue weighted by Crippen LogP contribution is 2.36. The molecule has 0 amide bonds. The second-order valence-electron chi connectivity index (χ2n) is 5.35. The van der Waals surface area contributed by atoms with E-state index < -0.39 is 0 Å². The molecule has 0 saturated heterocycles. The minimum absolute atomic E-state index is 0.813. The quantitative estimate of drug-likeness (QED) is 0.548. The van der Waals surface area contributed by atoms with Crippen LogP contribution in [0, 0.1) is 0 Å². The van der Waals surface area contributed by atoms with Crippen LogP contribution in [-0.2, 0) is 6.54 Å². The third-order valence-electron chi connectivity index (χ3n) is 3.91. The number of benzene rings is 3. The predicted octanol–water partition coefficient (Wildman–Crippen LogP) is 4.84. The average Bonchev–Trinajstić information content (AvgIpc) is 3.01. The van der Waals surface area contributed by atoms with E-state index in [2.05, 4.69) is 65.3 Å². The molecular formula is C19H16N2S. The molecule has 0 saturated carbocycles. The van der Waals surface area contributed by atoms with Crippen molar-refractivity contribution in [2.75, 3.05) is 7.05 Å². The smallest absolute Gasteiger partial charge is 0.107 e. The van der Waals surface area contributed by atoms with Crippen molar-refractivity contribution in [1.82, 2.24) is 10.3 Å². The molecule has 22 heavy (non-hydrogen) atoms. The molecule has 2 nitrogen and oxygen atoms in total. The van der Waals surface area contributed by atoms with Crippen molar-refractivity contribution in [3.63, 3.8) is 0 Å². The molecule has 108 valence electrons. The summed E-state index contributed by atoms with van der Waals surface area (Å²) in [6.07, 6.45) is 0. The molecule has 0 bridgehead atoms. The van der Waals surface area contributed by atoms with Crippen LogP contribution in [0.4, 0.5) is 0 Å². The maximum absolute atomic E-state index is 4.83. The maximum Gasteiger partial charge on any atom is 0.107 e. The zero-order valence-corrected chi connectivity index (χ0v) is 13.2. The molecule has 4 rings (SSSR count). The summed E-state index contributed by atoms with van der Waals surface area (Å²) in [5.74, 6) is 0. The zero-order valence-electron chi connectivity index (χ0n) is 12.3. The summed E-state index contributed by atoms with van der Waals surface area (Å²) in [6, 6.07) is 19.4. The van der Waals surface area contributed by atoms with E-state index in [-0.39, 0.29) is 0 Å². The number of nitrogens with zero attached hydrogens (tertiary/aromatic N) is 1. The topological polar surface area (TPSA) is 24.9 Å². The van der Waals surface area contributed by atoms with Gasteiger partial charge in [-0.15, -0.1) is 11.3 Å². The van der Waals surface area contributed by atoms with Gasteiger partial charge < -0.3 is 5.32 Å². The first-order valence-corrected chi connectivity index (χ1v) is 8.24. The molecule has 3 aromatic carbocycles. The summed E-state index contributed by atoms with van der Waals surface area (Å²) in [4.78, 5) is 4.83. The molecular weight excluding hydrogens is 288 g/mol. The Morgan fingerprint density at radius 3 is 2.23 bits per heavy atom. The number of fused-ring (bicyclic) bond motifs is 2. The molecule has 3 heteroatoms. The van der Waals surface area contributed by atoms with Gasteiger partial charge in [-0.1, -0.05) is 48.5 Å². The van der Waals surface area contributed by atoms with Gasteiger partial charge in [-0.2, -0.15) is 0 Å². The van der Waals surface area contributed by atoms with Crippen molar-refractivity contribution >= 4 is 32.9 Å². The fourth-order valence-electron chi connectivity index (χ4n) is 2.95. The molecule has 0 atom stereocenters. The molecule has 1 aromatic heterocycles. The van der Waals surface area contributed by atoms with Crippen LogP contribution in [0.2, 0.25) is 0 Å². The van der Waals surface area contributed by atoms with Crippen molar-refractivity contribution in [3.8, 4) is 11.3 Å². The maximum atomic E-state index is 4.83. The van der Waals surface area contributed by atoms with Gasteiger partial charge in [0.2, 0.25) is 0 Å². The minimum Gasteiger partial charge on any atom is -0.314 e. The first-order chi connectivity index (χ1) is 10.9. The molecule has 0 aliphatic rings. The van der Waals surface area contributed by atoms with Crippen LogP contribution in [0.1, 0.15) is 5.01 Å². The van der Waals surface area contributed by atoms with Crippen LogP contribution >= 0.6 is 11.3 Å². The highest BCUT2D eigenvalue weighted by Gasteiger charge is 2.12. The molecule has 4 aromatic rings. The summed E-state index contributed by atoms with van der Waals surface area (Å²) in [5, 5.41) is 11.5. The summed E-state index contributed by atoms with van der Waals surface area (Å²) in [5.41, 5.74) is 2.32. The van der Waals surface area contributed by atoms with Crippen LogP contribution in [0.15, 0.2) is 60.0 Å². The summed E-state index contributed by atoms with van der Waals surface area (Å²) < 4.78 is 0. The highest BCUT2D eigenvalue weighted by atomic mass is 32.1. The second-order valence-corrected chi connectivity index (χ2v) is 6.29. The monoisotopic (exact) mass is 304 g/mol. The van der Waals surface area contributed by atoms with E-state index in [9.17, 15) is 0 Å². The van der Waals surface area contributed by atoms with E-state index in [4.69, 9.17) is 4.98 Å². The van der Waals surface area contributed by atoms with Crippen molar-refractivity contribution in [2.24, 2.45) is 0 Å². The Morgan fingerprint density at radius 1 is 0.955 bits per heavy atom. The lowest BCUT2D eigenvalue weighted by atomic mass is 9.95. The van der Waals surface area contributed by atoms with Crippen LogP contribution in [-0.4, -0.2) is 12.0 Å². The van der Waals surface area contributed by atoms with Crippen LogP contribution in [0.25, 0.3) is 32.8 Å². The third kappa shape index (κ3) is 2.19. The van der Waals surface area contributed by atoms with Gasteiger partial charge >= 0.3 is 0 Å². The Balaban J connectivity index is 2.07. The van der Waals surface area contributed by atoms with E-state index >= 15 is 0 Å². The van der Waals surface area contributed by atoms with E-state index in [1.165, 1.54) is 27.1 Å². The van der Waals surface area contributed by atoms with Gasteiger partial charge in [0.25, 0.3) is 0 Å². The number of thiazole rings is 1. The van der Waals surface area contributed by atoms with E-state index in [0.717, 1.165) is 17.2 Å². The fourth-order valence-corrected chi connectivity index (χ4v) is 3.74. The standard InChI is InChI=1S/C19H16N2S/c1-20-11-18-21-17(12-22-18)19-15-8-4-2-6-13(15)10-14-7-3-5-9-16(14)19/h2-10,12,20H,11H2,1H3. The first-order valence-electron chi connectivity index (χ1n) is 7.36. The van der Waals surface area contributed by atoms with E-state index in [0.29, 0.717) is 0 Å². The lowest BCUT2D eigenvalue weighted by molar-refractivity contribution is 0.811. The number of hydrogen-bond donors (Lipinski definition) is 1. The van der Waals surface area contributed by atoms with Crippen molar-refractivity contribution in [3.05, 3.63) is 65.0 Å². The lowest BCUT2D eigenvalue weighted by Gasteiger charge is -2.09. The molecule has 0 aliphatic heterocycles. The van der Waals surface area contributed by atoms with Gasteiger partial charge in [0.15, 0.2) is 0 Å². The fraction of sp³-hybridized carbons (Fsp3) is 0.105. The Bertz CT molecular complexity index is 902. The summed E-state index contributed by atoms with van der Waals surface area (Å²) >= 11 is 1.71.